The lowest BCUT2D eigenvalue weighted by Gasteiger charge is -2.22. The Hall–Kier alpha value is -3.09. The first-order valence-electron chi connectivity index (χ1n) is 7.61. The Kier molecular flexibility index (Phi) is 6.33. The summed E-state index contributed by atoms with van der Waals surface area (Å²) >= 11 is 0. The number of anilines is 1. The molecule has 2 aromatic carbocycles. The Morgan fingerprint density at radius 2 is 1.72 bits per heavy atom. The van der Waals surface area contributed by atoms with Crippen molar-refractivity contribution in [2.45, 2.75) is 6.42 Å². The summed E-state index contributed by atoms with van der Waals surface area (Å²) in [4.78, 5) is 24.9. The molecule has 0 heterocycles. The third kappa shape index (κ3) is 5.20. The van der Waals surface area contributed by atoms with Crippen LogP contribution in [0, 0.1) is 5.82 Å². The summed E-state index contributed by atoms with van der Waals surface area (Å²) in [6.45, 7) is -0.189. The summed E-state index contributed by atoms with van der Waals surface area (Å²) < 4.78 is 23.8. The number of hydrogen-bond donors (Lipinski definition) is 1. The van der Waals surface area contributed by atoms with E-state index in [9.17, 15) is 14.0 Å². The van der Waals surface area contributed by atoms with Gasteiger partial charge in [-0.05, 0) is 36.4 Å². The van der Waals surface area contributed by atoms with E-state index in [1.54, 1.807) is 24.3 Å². The standard InChI is InChI=1S/C18H19FN2O4/c1-24-15-4-2-3-5-16(15)25-12-18(23)21(11-10-17(20)22)14-8-6-13(19)7-9-14/h2-9H,10-12H2,1H3,(H2,20,22). The van der Waals surface area contributed by atoms with Crippen LogP contribution in [0.2, 0.25) is 0 Å². The van der Waals surface area contributed by atoms with Crippen LogP contribution in [-0.4, -0.2) is 32.1 Å². The van der Waals surface area contributed by atoms with Crippen LogP contribution in [-0.2, 0) is 9.59 Å². The van der Waals surface area contributed by atoms with Crippen molar-refractivity contribution in [1.29, 1.82) is 0 Å². The molecule has 0 aliphatic carbocycles. The number of para-hydroxylation sites is 2. The highest BCUT2D eigenvalue weighted by Crippen LogP contribution is 2.26. The Morgan fingerprint density at radius 1 is 1.08 bits per heavy atom. The van der Waals surface area contributed by atoms with Crippen molar-refractivity contribution in [3.8, 4) is 11.5 Å². The summed E-state index contributed by atoms with van der Waals surface area (Å²) in [6, 6.07) is 12.3. The largest absolute Gasteiger partial charge is 0.493 e. The molecule has 25 heavy (non-hydrogen) atoms. The van der Waals surface area contributed by atoms with Crippen molar-refractivity contribution in [3.05, 3.63) is 54.3 Å². The van der Waals surface area contributed by atoms with Gasteiger partial charge in [-0.2, -0.15) is 0 Å². The fraction of sp³-hybridized carbons (Fsp3) is 0.222. The summed E-state index contributed by atoms with van der Waals surface area (Å²) in [5, 5.41) is 0. The third-order valence-electron chi connectivity index (χ3n) is 3.44. The van der Waals surface area contributed by atoms with Crippen molar-refractivity contribution in [2.24, 2.45) is 5.73 Å². The van der Waals surface area contributed by atoms with Crippen LogP contribution in [0.5, 0.6) is 11.5 Å². The number of hydrogen-bond acceptors (Lipinski definition) is 4. The number of carbonyl (C=O) groups excluding carboxylic acids is 2. The fourth-order valence-corrected chi connectivity index (χ4v) is 2.20. The molecule has 0 radical (unpaired) electrons. The van der Waals surface area contributed by atoms with E-state index in [1.165, 1.54) is 36.3 Å². The average Bonchev–Trinajstić information content (AvgIpc) is 2.61. The molecule has 0 aromatic heterocycles. The van der Waals surface area contributed by atoms with E-state index in [2.05, 4.69) is 0 Å². The van der Waals surface area contributed by atoms with Gasteiger partial charge in [-0.15, -0.1) is 0 Å². The van der Waals surface area contributed by atoms with Crippen molar-refractivity contribution < 1.29 is 23.5 Å². The number of nitrogens with two attached hydrogens (primary N) is 1. The second-order valence-electron chi connectivity index (χ2n) is 5.18. The first-order chi connectivity index (χ1) is 12.0. The number of amides is 2. The molecule has 2 aromatic rings. The van der Waals surface area contributed by atoms with Crippen LogP contribution in [0.25, 0.3) is 0 Å². The van der Waals surface area contributed by atoms with Crippen molar-refractivity contribution in [2.75, 3.05) is 25.2 Å². The fourth-order valence-electron chi connectivity index (χ4n) is 2.20. The van der Waals surface area contributed by atoms with Crippen LogP contribution in [0.1, 0.15) is 6.42 Å². The number of primary amides is 1. The molecule has 7 heteroatoms. The number of halogens is 1. The molecule has 0 bridgehead atoms. The minimum atomic E-state index is -0.537. The Labute approximate surface area is 144 Å². The highest BCUT2D eigenvalue weighted by molar-refractivity contribution is 5.95. The molecular formula is C18H19FN2O4. The maximum atomic E-state index is 13.1. The van der Waals surface area contributed by atoms with E-state index < -0.39 is 17.6 Å². The quantitative estimate of drug-likeness (QED) is 0.794. The lowest BCUT2D eigenvalue weighted by atomic mass is 10.2. The zero-order chi connectivity index (χ0) is 18.2. The molecule has 0 aliphatic heterocycles. The number of ether oxygens (including phenoxy) is 2. The van der Waals surface area contributed by atoms with Gasteiger partial charge in [0.25, 0.3) is 5.91 Å². The Bertz CT molecular complexity index is 734. The minimum absolute atomic E-state index is 0.0161. The molecule has 0 saturated heterocycles. The van der Waals surface area contributed by atoms with Gasteiger partial charge in [0.05, 0.1) is 7.11 Å². The summed E-state index contributed by atoms with van der Waals surface area (Å²) in [7, 11) is 1.50. The van der Waals surface area contributed by atoms with E-state index in [0.717, 1.165) is 0 Å². The van der Waals surface area contributed by atoms with E-state index in [-0.39, 0.29) is 19.6 Å². The van der Waals surface area contributed by atoms with Crippen molar-refractivity contribution in [1.82, 2.24) is 0 Å². The smallest absolute Gasteiger partial charge is 0.264 e. The van der Waals surface area contributed by atoms with Gasteiger partial charge in [0.15, 0.2) is 18.1 Å². The van der Waals surface area contributed by atoms with Crippen LogP contribution in [0.3, 0.4) is 0 Å². The van der Waals surface area contributed by atoms with Gasteiger partial charge in [-0.3, -0.25) is 9.59 Å². The number of carbonyl (C=O) groups is 2. The lowest BCUT2D eigenvalue weighted by Crippen LogP contribution is -2.37. The van der Waals surface area contributed by atoms with Gasteiger partial charge in [-0.25, -0.2) is 4.39 Å². The predicted octanol–water partition coefficient (Wildman–Crippen LogP) is 2.12. The van der Waals surface area contributed by atoms with Crippen LogP contribution in [0.15, 0.2) is 48.5 Å². The van der Waals surface area contributed by atoms with Gasteiger partial charge < -0.3 is 20.1 Å². The second kappa shape index (κ2) is 8.68. The van der Waals surface area contributed by atoms with Gasteiger partial charge in [0, 0.05) is 18.7 Å². The molecule has 0 atom stereocenters. The van der Waals surface area contributed by atoms with E-state index in [0.29, 0.717) is 17.2 Å². The molecule has 132 valence electrons. The number of methoxy groups -OCH3 is 1. The molecule has 0 fully saturated rings. The van der Waals surface area contributed by atoms with Crippen LogP contribution >= 0.6 is 0 Å². The zero-order valence-electron chi connectivity index (χ0n) is 13.8. The van der Waals surface area contributed by atoms with Crippen LogP contribution < -0.4 is 20.1 Å². The lowest BCUT2D eigenvalue weighted by molar-refractivity contribution is -0.120. The molecule has 0 unspecified atom stereocenters. The van der Waals surface area contributed by atoms with Gasteiger partial charge in [0.2, 0.25) is 5.91 Å². The molecular weight excluding hydrogens is 327 g/mol. The minimum Gasteiger partial charge on any atom is -0.493 e. The number of nitrogens with zero attached hydrogens (tertiary/aromatic N) is 1. The van der Waals surface area contributed by atoms with Gasteiger partial charge in [0.1, 0.15) is 5.82 Å². The van der Waals surface area contributed by atoms with E-state index >= 15 is 0 Å². The van der Waals surface area contributed by atoms with Gasteiger partial charge in [-0.1, -0.05) is 12.1 Å². The molecule has 6 nitrogen and oxygen atoms in total. The molecule has 0 spiro atoms. The number of rotatable bonds is 8. The SMILES string of the molecule is COc1ccccc1OCC(=O)N(CCC(N)=O)c1ccc(F)cc1. The molecule has 2 amide bonds. The normalized spacial score (nSPS) is 10.2. The summed E-state index contributed by atoms with van der Waals surface area (Å²) in [5.74, 6) is -0.422. The Morgan fingerprint density at radius 3 is 2.32 bits per heavy atom. The summed E-state index contributed by atoms with van der Waals surface area (Å²) in [5.41, 5.74) is 5.62. The average molecular weight is 346 g/mol. The van der Waals surface area contributed by atoms with E-state index in [1.807, 2.05) is 0 Å². The molecule has 0 aliphatic rings. The first kappa shape index (κ1) is 18.3. The van der Waals surface area contributed by atoms with Crippen molar-refractivity contribution in [3.63, 3.8) is 0 Å². The molecule has 0 saturated carbocycles. The Balaban J connectivity index is 2.11. The summed E-state index contributed by atoms with van der Waals surface area (Å²) in [6.07, 6.45) is -0.0161. The van der Waals surface area contributed by atoms with Crippen LogP contribution in [0.4, 0.5) is 10.1 Å². The number of benzene rings is 2. The molecule has 2 N–H and O–H groups in total. The molecule has 2 rings (SSSR count). The van der Waals surface area contributed by atoms with Gasteiger partial charge >= 0.3 is 0 Å². The monoisotopic (exact) mass is 346 g/mol. The topological polar surface area (TPSA) is 81.9 Å². The maximum absolute atomic E-state index is 13.1. The second-order valence-corrected chi connectivity index (χ2v) is 5.18. The first-order valence-corrected chi connectivity index (χ1v) is 7.61. The highest BCUT2D eigenvalue weighted by atomic mass is 19.1. The highest BCUT2D eigenvalue weighted by Gasteiger charge is 2.18. The van der Waals surface area contributed by atoms with Crippen molar-refractivity contribution >= 4 is 17.5 Å². The third-order valence-corrected chi connectivity index (χ3v) is 3.44. The maximum Gasteiger partial charge on any atom is 0.264 e. The zero-order valence-corrected chi connectivity index (χ0v) is 13.8. The van der Waals surface area contributed by atoms with E-state index in [4.69, 9.17) is 15.2 Å². The predicted molar refractivity (Wildman–Crippen MR) is 91.1 cm³/mol.